The summed E-state index contributed by atoms with van der Waals surface area (Å²) in [7, 11) is 3.75. The summed E-state index contributed by atoms with van der Waals surface area (Å²) in [6.07, 6.45) is 11.1. The smallest absolute Gasteiger partial charge is 0.323 e. The predicted octanol–water partition coefficient (Wildman–Crippen LogP) is 4.26. The average Bonchev–Trinajstić information content (AvgIpc) is 3.12. The second-order valence-electron chi connectivity index (χ2n) is 4.30. The third kappa shape index (κ3) is 6.54. The number of rotatable bonds is 1. The van der Waals surface area contributed by atoms with Crippen molar-refractivity contribution in [2.45, 2.75) is 19.8 Å². The molecule has 20 heavy (non-hydrogen) atoms. The van der Waals surface area contributed by atoms with E-state index in [9.17, 15) is 0 Å². The Morgan fingerprint density at radius 1 is 1.20 bits per heavy atom. The van der Waals surface area contributed by atoms with Crippen LogP contribution in [0.2, 0.25) is 0 Å². The van der Waals surface area contributed by atoms with Crippen molar-refractivity contribution in [3.8, 4) is 0 Å². The first-order valence-corrected chi connectivity index (χ1v) is 6.77. The van der Waals surface area contributed by atoms with Gasteiger partial charge in [0.15, 0.2) is 0 Å². The van der Waals surface area contributed by atoms with Gasteiger partial charge in [0.2, 0.25) is 0 Å². The Morgan fingerprint density at radius 3 is 2.40 bits per heavy atom. The molecule has 0 spiro atoms. The monoisotopic (exact) mass is 343 g/mol. The molecule has 104 valence electrons. The van der Waals surface area contributed by atoms with Crippen molar-refractivity contribution in [2.24, 2.45) is 0 Å². The van der Waals surface area contributed by atoms with Crippen molar-refractivity contribution in [3.05, 3.63) is 66.3 Å². The Kier molecular flexibility index (Phi) is 11.4. The molecule has 3 rings (SSSR count). The minimum absolute atomic E-state index is 0. The van der Waals surface area contributed by atoms with Gasteiger partial charge in [0.1, 0.15) is 0 Å². The van der Waals surface area contributed by atoms with Gasteiger partial charge in [-0.1, -0.05) is 19.4 Å². The van der Waals surface area contributed by atoms with Crippen LogP contribution in [0, 0.1) is 6.08 Å². The zero-order valence-corrected chi connectivity index (χ0v) is 15.1. The molecule has 1 aliphatic rings. The molecule has 0 unspecified atom stereocenters. The van der Waals surface area contributed by atoms with E-state index < -0.39 is 0 Å². The maximum Gasteiger partial charge on any atom is 2.00 e. The van der Waals surface area contributed by atoms with Gasteiger partial charge in [0.25, 0.3) is 0 Å². The molecule has 0 bridgehead atoms. The molecule has 1 nitrogen and oxygen atoms in total. The quantitative estimate of drug-likeness (QED) is 0.762. The first-order valence-electron chi connectivity index (χ1n) is 6.77. The molecule has 0 radical (unpaired) electrons. The summed E-state index contributed by atoms with van der Waals surface area (Å²) in [5.74, 6) is 0. The van der Waals surface area contributed by atoms with Crippen LogP contribution in [0.4, 0.5) is 0 Å². The van der Waals surface area contributed by atoms with Crippen LogP contribution in [0.25, 0.3) is 10.8 Å². The number of aryl methyl sites for hydroxylation is 1. The van der Waals surface area contributed by atoms with E-state index in [0.29, 0.717) is 0 Å². The number of allylic oxidation sites excluding steroid dienone is 4. The summed E-state index contributed by atoms with van der Waals surface area (Å²) in [4.78, 5) is 0. The van der Waals surface area contributed by atoms with Gasteiger partial charge >= 0.3 is 26.2 Å². The van der Waals surface area contributed by atoms with Gasteiger partial charge in [-0.2, -0.15) is 12.1 Å². The van der Waals surface area contributed by atoms with E-state index in [4.69, 9.17) is 0 Å². The van der Waals surface area contributed by atoms with Crippen LogP contribution in [0.3, 0.4) is 0 Å². The van der Waals surface area contributed by atoms with Crippen molar-refractivity contribution < 1.29 is 26.2 Å². The Bertz CT molecular complexity index is 513. The number of hydrogen-bond acceptors (Lipinski definition) is 1. The Morgan fingerprint density at radius 2 is 1.90 bits per heavy atom. The van der Waals surface area contributed by atoms with Crippen molar-refractivity contribution >= 4 is 10.8 Å². The molecular weight excluding hydrogens is 321 g/mol. The first-order chi connectivity index (χ1) is 9.33. The Labute approximate surface area is 142 Å². The summed E-state index contributed by atoms with van der Waals surface area (Å²) < 4.78 is 0. The maximum absolute atomic E-state index is 2.99. The van der Waals surface area contributed by atoms with E-state index >= 15 is 0 Å². The molecule has 0 fully saturated rings. The van der Waals surface area contributed by atoms with Gasteiger partial charge in [0, 0.05) is 0 Å². The standard InChI is InChI=1S/C11H11.C5H5.C2H7N.Zr/c1-2-9-7-8-10-5-3-4-6-11(9)10;1-2-4-5-3-1;1-3-2;/h3-8H,2H2,1H3;1-3H,4H2;3H,1-2H3;/q2*-1;;+2. The second kappa shape index (κ2) is 11.9. The zero-order chi connectivity index (χ0) is 13.9. The van der Waals surface area contributed by atoms with Crippen LogP contribution >= 0.6 is 0 Å². The molecule has 2 aromatic carbocycles. The van der Waals surface area contributed by atoms with Crippen molar-refractivity contribution in [1.82, 2.24) is 5.32 Å². The van der Waals surface area contributed by atoms with E-state index in [2.05, 4.69) is 60.8 Å². The summed E-state index contributed by atoms with van der Waals surface area (Å²) in [6.45, 7) is 2.20. The van der Waals surface area contributed by atoms with Gasteiger partial charge in [-0.25, -0.2) is 12.2 Å². The Balaban J connectivity index is 0.000000339. The summed E-state index contributed by atoms with van der Waals surface area (Å²) in [6, 6.07) is 12.9. The summed E-state index contributed by atoms with van der Waals surface area (Å²) in [5.41, 5.74) is 1.46. The molecule has 2 aromatic rings. The van der Waals surface area contributed by atoms with Crippen LogP contribution in [-0.2, 0) is 32.6 Å². The molecule has 1 N–H and O–H groups in total. The fraction of sp³-hybridized carbons (Fsp3) is 0.278. The van der Waals surface area contributed by atoms with E-state index in [1.165, 1.54) is 16.3 Å². The van der Waals surface area contributed by atoms with Gasteiger partial charge in [-0.3, -0.25) is 6.08 Å². The van der Waals surface area contributed by atoms with Gasteiger partial charge in [-0.15, -0.1) is 47.0 Å². The van der Waals surface area contributed by atoms with Crippen molar-refractivity contribution in [3.63, 3.8) is 0 Å². The van der Waals surface area contributed by atoms with E-state index in [0.717, 1.165) is 12.8 Å². The zero-order valence-electron chi connectivity index (χ0n) is 12.6. The Hall–Kier alpha value is -0.847. The minimum atomic E-state index is 0. The fourth-order valence-corrected chi connectivity index (χ4v) is 1.86. The van der Waals surface area contributed by atoms with Gasteiger partial charge < -0.3 is 5.32 Å². The van der Waals surface area contributed by atoms with E-state index in [1.807, 2.05) is 26.2 Å². The molecule has 0 saturated carbocycles. The molecule has 0 saturated heterocycles. The van der Waals surface area contributed by atoms with Gasteiger partial charge in [-0.05, 0) is 14.1 Å². The third-order valence-electron chi connectivity index (χ3n) is 2.74. The van der Waals surface area contributed by atoms with Crippen LogP contribution in [0.1, 0.15) is 18.9 Å². The van der Waals surface area contributed by atoms with Crippen LogP contribution in [-0.4, -0.2) is 14.1 Å². The first kappa shape index (κ1) is 19.2. The van der Waals surface area contributed by atoms with Crippen LogP contribution in [0.5, 0.6) is 0 Å². The maximum atomic E-state index is 2.99. The van der Waals surface area contributed by atoms with E-state index in [-0.39, 0.29) is 26.2 Å². The largest absolute Gasteiger partial charge is 2.00 e. The summed E-state index contributed by atoms with van der Waals surface area (Å²) in [5, 5.41) is 5.53. The number of hydrogen-bond donors (Lipinski definition) is 1. The number of nitrogens with one attached hydrogen (secondary N) is 1. The minimum Gasteiger partial charge on any atom is -0.323 e. The number of benzene rings is 1. The third-order valence-corrected chi connectivity index (χ3v) is 2.74. The molecule has 0 amide bonds. The molecule has 2 heteroatoms. The topological polar surface area (TPSA) is 12.0 Å². The average molecular weight is 345 g/mol. The fourth-order valence-electron chi connectivity index (χ4n) is 1.86. The molecule has 0 aliphatic heterocycles. The van der Waals surface area contributed by atoms with Crippen LogP contribution < -0.4 is 5.32 Å². The molecule has 0 aromatic heterocycles. The normalized spacial score (nSPS) is 11.2. The molecule has 0 atom stereocenters. The van der Waals surface area contributed by atoms with Gasteiger partial charge in [0.05, 0.1) is 0 Å². The van der Waals surface area contributed by atoms with Crippen molar-refractivity contribution in [1.29, 1.82) is 0 Å². The molecule has 0 heterocycles. The summed E-state index contributed by atoms with van der Waals surface area (Å²) >= 11 is 0. The van der Waals surface area contributed by atoms with Crippen molar-refractivity contribution in [2.75, 3.05) is 14.1 Å². The van der Waals surface area contributed by atoms with Crippen LogP contribution in [0.15, 0.2) is 54.6 Å². The number of fused-ring (bicyclic) bond motifs is 1. The molecule has 1 aliphatic carbocycles. The predicted molar refractivity (Wildman–Crippen MR) is 85.5 cm³/mol. The SMILES string of the molecule is CC[c-]1ccc2ccccc21.CNC.[C-]1=CC=CC1.[Zr+2]. The second-order valence-corrected chi connectivity index (χ2v) is 4.30. The molecular formula is C18H23NZr. The van der Waals surface area contributed by atoms with E-state index in [1.54, 1.807) is 0 Å².